The Kier molecular flexibility index (Phi) is 4.82. The van der Waals surface area contributed by atoms with Gasteiger partial charge in [-0.15, -0.1) is 0 Å². The first kappa shape index (κ1) is 16.5. The minimum absolute atomic E-state index is 0.433. The van der Waals surface area contributed by atoms with Gasteiger partial charge >= 0.3 is 0 Å². The summed E-state index contributed by atoms with van der Waals surface area (Å²) in [4.78, 5) is 0. The maximum atomic E-state index is 3.68. The second kappa shape index (κ2) is 6.12. The van der Waals surface area contributed by atoms with Crippen molar-refractivity contribution in [3.8, 4) is 0 Å². The largest absolute Gasteiger partial charge is 0.313 e. The van der Waals surface area contributed by atoms with E-state index >= 15 is 0 Å². The molecule has 0 bridgehead atoms. The lowest BCUT2D eigenvalue weighted by molar-refractivity contribution is 0.101. The molecule has 1 heteroatoms. The van der Waals surface area contributed by atoms with Crippen LogP contribution in [0.3, 0.4) is 0 Å². The Labute approximate surface area is 131 Å². The van der Waals surface area contributed by atoms with E-state index in [1.807, 2.05) is 0 Å². The average Bonchev–Trinajstić information content (AvgIpc) is 2.42. The zero-order valence-electron chi connectivity index (χ0n) is 15.1. The molecule has 0 aromatic heterocycles. The summed E-state index contributed by atoms with van der Waals surface area (Å²) in [6.45, 7) is 14.0. The number of nitrogens with one attached hydrogen (secondary N) is 1. The zero-order valence-corrected chi connectivity index (χ0v) is 15.1. The summed E-state index contributed by atoms with van der Waals surface area (Å²) in [6, 6.07) is 2.83. The summed E-state index contributed by atoms with van der Waals surface area (Å²) >= 11 is 0. The van der Waals surface area contributed by atoms with E-state index in [1.54, 1.807) is 5.56 Å². The minimum atomic E-state index is 0.433. The summed E-state index contributed by atoms with van der Waals surface area (Å²) in [5, 5.41) is 3.68. The molecule has 1 N–H and O–H groups in total. The maximum Gasteiger partial charge on any atom is 0.0356 e. The molecule has 1 aromatic carbocycles. The van der Waals surface area contributed by atoms with Crippen LogP contribution < -0.4 is 5.32 Å². The zero-order chi connectivity index (χ0) is 15.8. The number of hydrogen-bond donors (Lipinski definition) is 1. The fraction of sp³-hybridized carbons (Fsp3) is 0.700. The number of rotatable bonds is 3. The van der Waals surface area contributed by atoms with E-state index in [0.29, 0.717) is 11.5 Å². The lowest BCUT2D eigenvalue weighted by Gasteiger charge is -2.44. The number of hydrogen-bond acceptors (Lipinski definition) is 1. The molecule has 0 saturated heterocycles. The van der Waals surface area contributed by atoms with E-state index < -0.39 is 0 Å². The van der Waals surface area contributed by atoms with Crippen LogP contribution in [0.5, 0.6) is 0 Å². The van der Waals surface area contributed by atoms with Gasteiger partial charge in [0.25, 0.3) is 0 Å². The molecule has 2 unspecified atom stereocenters. The molecule has 2 rings (SSSR count). The first-order valence-corrected chi connectivity index (χ1v) is 8.54. The maximum absolute atomic E-state index is 3.68. The normalized spacial score (nSPS) is 23.1. The Hall–Kier alpha value is -0.820. The van der Waals surface area contributed by atoms with Crippen molar-refractivity contribution < 1.29 is 0 Å². The van der Waals surface area contributed by atoms with Gasteiger partial charge < -0.3 is 5.32 Å². The molecule has 1 aromatic rings. The Morgan fingerprint density at radius 2 is 1.62 bits per heavy atom. The van der Waals surface area contributed by atoms with Gasteiger partial charge in [0, 0.05) is 6.04 Å². The fourth-order valence-corrected chi connectivity index (χ4v) is 4.40. The Balaban J connectivity index is 2.51. The van der Waals surface area contributed by atoms with Crippen LogP contribution in [0.25, 0.3) is 0 Å². The molecule has 1 saturated carbocycles. The fourth-order valence-electron chi connectivity index (χ4n) is 4.40. The highest BCUT2D eigenvalue weighted by molar-refractivity contribution is 5.46. The van der Waals surface area contributed by atoms with Crippen molar-refractivity contribution in [3.63, 3.8) is 0 Å². The second-order valence-electron chi connectivity index (χ2n) is 7.78. The highest BCUT2D eigenvalue weighted by Crippen LogP contribution is 2.48. The van der Waals surface area contributed by atoms with Crippen LogP contribution in [0.15, 0.2) is 6.07 Å². The molecule has 0 aliphatic heterocycles. The lowest BCUT2D eigenvalue weighted by Crippen LogP contribution is -2.38. The van der Waals surface area contributed by atoms with E-state index in [1.165, 1.54) is 47.9 Å². The molecule has 118 valence electrons. The first-order chi connectivity index (χ1) is 9.79. The predicted octanol–water partition coefficient (Wildman–Crippen LogP) is 5.40. The molecule has 0 heterocycles. The van der Waals surface area contributed by atoms with Crippen LogP contribution in [0, 0.1) is 39.0 Å². The quantitative estimate of drug-likeness (QED) is 0.785. The summed E-state index contributed by atoms with van der Waals surface area (Å²) in [5.74, 6) is 0.731. The van der Waals surface area contributed by atoms with Gasteiger partial charge in [-0.1, -0.05) is 32.8 Å². The summed E-state index contributed by atoms with van der Waals surface area (Å²) < 4.78 is 0. The van der Waals surface area contributed by atoms with Gasteiger partial charge in [0.05, 0.1) is 0 Å². The van der Waals surface area contributed by atoms with Gasteiger partial charge in [0.1, 0.15) is 0 Å². The first-order valence-electron chi connectivity index (χ1n) is 8.54. The second-order valence-corrected chi connectivity index (χ2v) is 7.78. The van der Waals surface area contributed by atoms with Crippen LogP contribution in [0.1, 0.15) is 73.4 Å². The van der Waals surface area contributed by atoms with E-state index in [0.717, 1.165) is 5.92 Å². The Bertz CT molecular complexity index is 487. The molecule has 1 aliphatic carbocycles. The van der Waals surface area contributed by atoms with Gasteiger partial charge in [-0.05, 0) is 86.7 Å². The van der Waals surface area contributed by atoms with Crippen molar-refractivity contribution >= 4 is 0 Å². The SMILES string of the molecule is CNC(c1c(C)c(C)cc(C)c1C)C1CCCCC1(C)C. The smallest absolute Gasteiger partial charge is 0.0356 e. The van der Waals surface area contributed by atoms with Gasteiger partial charge in [0.15, 0.2) is 0 Å². The minimum Gasteiger partial charge on any atom is -0.313 e. The third-order valence-corrected chi connectivity index (χ3v) is 6.04. The van der Waals surface area contributed by atoms with Gasteiger partial charge in [-0.25, -0.2) is 0 Å². The van der Waals surface area contributed by atoms with Crippen LogP contribution >= 0.6 is 0 Å². The van der Waals surface area contributed by atoms with Gasteiger partial charge in [-0.2, -0.15) is 0 Å². The molecule has 1 aliphatic rings. The van der Waals surface area contributed by atoms with Crippen molar-refractivity contribution in [2.45, 2.75) is 73.3 Å². The highest BCUT2D eigenvalue weighted by Gasteiger charge is 2.38. The monoisotopic (exact) mass is 287 g/mol. The Morgan fingerprint density at radius 1 is 1.05 bits per heavy atom. The molecule has 1 fully saturated rings. The van der Waals surface area contributed by atoms with Crippen molar-refractivity contribution in [3.05, 3.63) is 33.9 Å². The Morgan fingerprint density at radius 3 is 2.10 bits per heavy atom. The van der Waals surface area contributed by atoms with E-state index in [2.05, 4.69) is 60.0 Å². The van der Waals surface area contributed by atoms with Crippen LogP contribution in [-0.4, -0.2) is 7.05 Å². The van der Waals surface area contributed by atoms with Gasteiger partial charge in [0.2, 0.25) is 0 Å². The summed E-state index contributed by atoms with van der Waals surface area (Å²) in [7, 11) is 2.14. The third-order valence-electron chi connectivity index (χ3n) is 6.04. The number of aryl methyl sites for hydroxylation is 2. The van der Waals surface area contributed by atoms with Crippen LogP contribution in [0.2, 0.25) is 0 Å². The van der Waals surface area contributed by atoms with Gasteiger partial charge in [-0.3, -0.25) is 0 Å². The highest BCUT2D eigenvalue weighted by atomic mass is 14.9. The lowest BCUT2D eigenvalue weighted by atomic mass is 9.64. The van der Waals surface area contributed by atoms with Crippen molar-refractivity contribution in [1.82, 2.24) is 5.32 Å². The van der Waals surface area contributed by atoms with E-state index in [-0.39, 0.29) is 0 Å². The van der Waals surface area contributed by atoms with E-state index in [9.17, 15) is 0 Å². The topological polar surface area (TPSA) is 12.0 Å². The van der Waals surface area contributed by atoms with Crippen molar-refractivity contribution in [2.24, 2.45) is 11.3 Å². The predicted molar refractivity (Wildman–Crippen MR) is 92.9 cm³/mol. The summed E-state index contributed by atoms with van der Waals surface area (Å²) in [5.41, 5.74) is 7.83. The third kappa shape index (κ3) is 3.04. The van der Waals surface area contributed by atoms with E-state index in [4.69, 9.17) is 0 Å². The number of benzene rings is 1. The molecule has 21 heavy (non-hydrogen) atoms. The average molecular weight is 287 g/mol. The molecule has 1 nitrogen and oxygen atoms in total. The molecular weight excluding hydrogens is 254 g/mol. The summed E-state index contributed by atoms with van der Waals surface area (Å²) in [6.07, 6.45) is 5.49. The molecule has 0 radical (unpaired) electrons. The molecular formula is C20H33N. The van der Waals surface area contributed by atoms with Crippen LogP contribution in [0.4, 0.5) is 0 Å². The standard InChI is InChI=1S/C20H33N/c1-13-12-14(2)16(4)18(15(13)3)19(21-7)17-10-8-9-11-20(17,5)6/h12,17,19,21H,8-11H2,1-7H3. The molecule has 0 amide bonds. The van der Waals surface area contributed by atoms with Crippen LogP contribution in [-0.2, 0) is 0 Å². The molecule has 0 spiro atoms. The van der Waals surface area contributed by atoms with Crippen molar-refractivity contribution in [1.29, 1.82) is 0 Å². The van der Waals surface area contributed by atoms with Crippen molar-refractivity contribution in [2.75, 3.05) is 7.05 Å². The molecule has 2 atom stereocenters.